The number of anilines is 1. The topological polar surface area (TPSA) is 69.2 Å². The van der Waals surface area contributed by atoms with E-state index in [0.717, 1.165) is 4.90 Å². The largest absolute Gasteiger partial charge is 0.393 e. The second-order valence-corrected chi connectivity index (χ2v) is 5.06. The van der Waals surface area contributed by atoms with Gasteiger partial charge in [-0.25, -0.2) is 0 Å². The van der Waals surface area contributed by atoms with Crippen LogP contribution in [0.5, 0.6) is 0 Å². The molecule has 0 saturated carbocycles. The molecular formula is C12H9ClN2O2S. The molecule has 0 heterocycles. The minimum atomic E-state index is -0.470. The van der Waals surface area contributed by atoms with Crippen LogP contribution in [0.1, 0.15) is 0 Å². The van der Waals surface area contributed by atoms with Gasteiger partial charge in [0, 0.05) is 9.92 Å². The maximum atomic E-state index is 11.0. The lowest BCUT2D eigenvalue weighted by molar-refractivity contribution is -0.386. The number of hydrogen-bond donors (Lipinski definition) is 1. The van der Waals surface area contributed by atoms with Crippen LogP contribution in [-0.4, -0.2) is 4.92 Å². The Morgan fingerprint density at radius 2 is 1.94 bits per heavy atom. The average molecular weight is 281 g/mol. The minimum absolute atomic E-state index is 0.0672. The first kappa shape index (κ1) is 12.7. The molecule has 0 amide bonds. The van der Waals surface area contributed by atoms with E-state index in [9.17, 15) is 10.1 Å². The fourth-order valence-electron chi connectivity index (χ4n) is 1.47. The number of nitrogens with zero attached hydrogens (tertiary/aromatic N) is 1. The Morgan fingerprint density at radius 1 is 1.22 bits per heavy atom. The lowest BCUT2D eigenvalue weighted by atomic mass is 10.3. The van der Waals surface area contributed by atoms with Crippen molar-refractivity contribution in [3.8, 4) is 0 Å². The number of rotatable bonds is 3. The number of nitrogens with two attached hydrogens (primary N) is 1. The van der Waals surface area contributed by atoms with Gasteiger partial charge in [0.25, 0.3) is 0 Å². The van der Waals surface area contributed by atoms with Crippen LogP contribution >= 0.6 is 23.4 Å². The second kappa shape index (κ2) is 5.29. The lowest BCUT2D eigenvalue weighted by Crippen LogP contribution is -1.97. The maximum Gasteiger partial charge on any atom is 0.305 e. The molecule has 0 aliphatic heterocycles. The van der Waals surface area contributed by atoms with E-state index >= 15 is 0 Å². The summed E-state index contributed by atoms with van der Waals surface area (Å²) in [5, 5.41) is 11.6. The monoisotopic (exact) mass is 280 g/mol. The van der Waals surface area contributed by atoms with Gasteiger partial charge in [0.1, 0.15) is 5.69 Å². The molecular weight excluding hydrogens is 272 g/mol. The third-order valence-electron chi connectivity index (χ3n) is 2.24. The van der Waals surface area contributed by atoms with Gasteiger partial charge in [0.05, 0.1) is 9.82 Å². The van der Waals surface area contributed by atoms with E-state index in [1.807, 2.05) is 6.07 Å². The van der Waals surface area contributed by atoms with Crippen molar-refractivity contribution in [1.82, 2.24) is 0 Å². The molecule has 0 atom stereocenters. The smallest absolute Gasteiger partial charge is 0.305 e. The first-order chi connectivity index (χ1) is 8.58. The van der Waals surface area contributed by atoms with Crippen molar-refractivity contribution in [2.24, 2.45) is 0 Å². The molecule has 2 N–H and O–H groups in total. The van der Waals surface area contributed by atoms with Gasteiger partial charge in [-0.05, 0) is 30.3 Å². The number of para-hydroxylation sites is 1. The molecule has 0 spiro atoms. The average Bonchev–Trinajstić information content (AvgIpc) is 2.28. The highest BCUT2D eigenvalue weighted by atomic mass is 35.5. The summed E-state index contributed by atoms with van der Waals surface area (Å²) >= 11 is 7.14. The summed E-state index contributed by atoms with van der Waals surface area (Å²) in [4.78, 5) is 11.8. The van der Waals surface area contributed by atoms with Gasteiger partial charge in [0.15, 0.2) is 0 Å². The predicted octanol–water partition coefficient (Wildman–Crippen LogP) is 3.98. The van der Waals surface area contributed by atoms with Crippen molar-refractivity contribution in [1.29, 1.82) is 0 Å². The van der Waals surface area contributed by atoms with Gasteiger partial charge in [-0.15, -0.1) is 0 Å². The molecule has 2 aromatic carbocycles. The Kier molecular flexibility index (Phi) is 3.74. The highest BCUT2D eigenvalue weighted by molar-refractivity contribution is 7.99. The number of halogens is 1. The van der Waals surface area contributed by atoms with Gasteiger partial charge < -0.3 is 5.73 Å². The summed E-state index contributed by atoms with van der Waals surface area (Å²) in [7, 11) is 0. The zero-order valence-corrected chi connectivity index (χ0v) is 10.7. The molecule has 0 fully saturated rings. The van der Waals surface area contributed by atoms with Crippen LogP contribution in [-0.2, 0) is 0 Å². The van der Waals surface area contributed by atoms with Gasteiger partial charge in [-0.2, -0.15) is 0 Å². The van der Waals surface area contributed by atoms with Gasteiger partial charge >= 0.3 is 5.69 Å². The zero-order chi connectivity index (χ0) is 13.1. The van der Waals surface area contributed by atoms with Crippen LogP contribution in [0.4, 0.5) is 11.4 Å². The molecule has 2 rings (SSSR count). The summed E-state index contributed by atoms with van der Waals surface area (Å²) < 4.78 is 0. The molecule has 18 heavy (non-hydrogen) atoms. The Morgan fingerprint density at radius 3 is 2.61 bits per heavy atom. The van der Waals surface area contributed by atoms with Crippen LogP contribution in [0.15, 0.2) is 52.3 Å². The standard InChI is InChI=1S/C12H9ClN2O2S/c13-8-3-1-4-9(7-8)18-11-6-2-5-10(14)12(11)15(16)17/h1-7H,14H2. The highest BCUT2D eigenvalue weighted by Gasteiger charge is 2.18. The summed E-state index contributed by atoms with van der Waals surface area (Å²) in [6, 6.07) is 12.0. The van der Waals surface area contributed by atoms with E-state index in [4.69, 9.17) is 17.3 Å². The van der Waals surface area contributed by atoms with Crippen molar-refractivity contribution in [3.63, 3.8) is 0 Å². The Bertz CT molecular complexity index is 604. The third kappa shape index (κ3) is 2.75. The normalized spacial score (nSPS) is 10.3. The maximum absolute atomic E-state index is 11.0. The molecule has 6 heteroatoms. The lowest BCUT2D eigenvalue weighted by Gasteiger charge is -2.05. The van der Waals surface area contributed by atoms with Gasteiger partial charge in [0.2, 0.25) is 0 Å². The number of hydrogen-bond acceptors (Lipinski definition) is 4. The first-order valence-corrected chi connectivity index (χ1v) is 6.23. The molecule has 0 aliphatic rings. The fraction of sp³-hybridized carbons (Fsp3) is 0. The number of nitrogen functional groups attached to an aromatic ring is 1. The van der Waals surface area contributed by atoms with E-state index in [1.165, 1.54) is 17.8 Å². The van der Waals surface area contributed by atoms with E-state index in [-0.39, 0.29) is 11.4 Å². The first-order valence-electron chi connectivity index (χ1n) is 5.04. The summed E-state index contributed by atoms with van der Waals surface area (Å²) in [5.41, 5.74) is 5.72. The number of nitro groups is 1. The molecule has 0 aliphatic carbocycles. The minimum Gasteiger partial charge on any atom is -0.393 e. The number of nitro benzene ring substituents is 1. The molecule has 0 aromatic heterocycles. The molecule has 0 radical (unpaired) electrons. The van der Waals surface area contributed by atoms with Crippen LogP contribution in [0.3, 0.4) is 0 Å². The van der Waals surface area contributed by atoms with Gasteiger partial charge in [-0.1, -0.05) is 35.5 Å². The summed E-state index contributed by atoms with van der Waals surface area (Å²) in [6.07, 6.45) is 0. The molecule has 0 saturated heterocycles. The van der Waals surface area contributed by atoms with E-state index in [0.29, 0.717) is 9.92 Å². The molecule has 92 valence electrons. The van der Waals surface area contributed by atoms with Crippen molar-refractivity contribution < 1.29 is 4.92 Å². The third-order valence-corrected chi connectivity index (χ3v) is 3.51. The number of benzene rings is 2. The van der Waals surface area contributed by atoms with Crippen molar-refractivity contribution >= 4 is 34.7 Å². The quantitative estimate of drug-likeness (QED) is 0.524. The van der Waals surface area contributed by atoms with Crippen molar-refractivity contribution in [2.75, 3.05) is 5.73 Å². The van der Waals surface area contributed by atoms with Gasteiger partial charge in [-0.3, -0.25) is 10.1 Å². The Labute approximate surface area is 113 Å². The second-order valence-electron chi connectivity index (χ2n) is 3.51. The Hall–Kier alpha value is -1.72. The van der Waals surface area contributed by atoms with Crippen LogP contribution in [0.2, 0.25) is 5.02 Å². The summed E-state index contributed by atoms with van der Waals surface area (Å²) in [6.45, 7) is 0. The van der Waals surface area contributed by atoms with Crippen LogP contribution in [0.25, 0.3) is 0 Å². The zero-order valence-electron chi connectivity index (χ0n) is 9.17. The van der Waals surface area contributed by atoms with Crippen LogP contribution in [0, 0.1) is 10.1 Å². The fourth-order valence-corrected chi connectivity index (χ4v) is 2.75. The van der Waals surface area contributed by atoms with Crippen LogP contribution < -0.4 is 5.73 Å². The SMILES string of the molecule is Nc1cccc(Sc2cccc(Cl)c2)c1[N+](=O)[O-]. The molecule has 4 nitrogen and oxygen atoms in total. The van der Waals surface area contributed by atoms with Crippen molar-refractivity contribution in [3.05, 3.63) is 57.6 Å². The van der Waals surface area contributed by atoms with E-state index < -0.39 is 4.92 Å². The highest BCUT2D eigenvalue weighted by Crippen LogP contribution is 2.38. The van der Waals surface area contributed by atoms with E-state index in [1.54, 1.807) is 30.3 Å². The van der Waals surface area contributed by atoms with E-state index in [2.05, 4.69) is 0 Å². The summed E-state index contributed by atoms with van der Waals surface area (Å²) in [5.74, 6) is 0. The molecule has 0 unspecified atom stereocenters. The predicted molar refractivity (Wildman–Crippen MR) is 73.1 cm³/mol. The van der Waals surface area contributed by atoms with Crippen molar-refractivity contribution in [2.45, 2.75) is 9.79 Å². The molecule has 2 aromatic rings. The Balaban J connectivity index is 2.40. The molecule has 0 bridgehead atoms.